The van der Waals surface area contributed by atoms with Crippen molar-refractivity contribution in [2.24, 2.45) is 0 Å². The second kappa shape index (κ2) is 7.65. The minimum absolute atomic E-state index is 0.222. The average Bonchev–Trinajstić information content (AvgIpc) is 2.83. The fourth-order valence-corrected chi connectivity index (χ4v) is 3.74. The molecule has 1 aliphatic heterocycles. The van der Waals surface area contributed by atoms with Crippen molar-refractivity contribution >= 4 is 52.4 Å². The highest BCUT2D eigenvalue weighted by Crippen LogP contribution is 2.37. The molecule has 3 rings (SSSR count). The summed E-state index contributed by atoms with van der Waals surface area (Å²) >= 11 is 13.2. The molecule has 25 heavy (non-hydrogen) atoms. The predicted molar refractivity (Wildman–Crippen MR) is 104 cm³/mol. The predicted octanol–water partition coefficient (Wildman–Crippen LogP) is 5.03. The maximum Gasteiger partial charge on any atom is 0.268 e. The highest BCUT2D eigenvalue weighted by atomic mass is 35.5. The number of carbonyl (C=O) groups is 2. The first-order valence-electron chi connectivity index (χ1n) is 7.75. The molecule has 0 aromatic heterocycles. The van der Waals surface area contributed by atoms with Crippen molar-refractivity contribution < 1.29 is 9.59 Å². The van der Waals surface area contributed by atoms with Crippen LogP contribution in [0.3, 0.4) is 0 Å². The molecule has 2 aromatic carbocycles. The lowest BCUT2D eigenvalue weighted by Gasteiger charge is -2.15. The molecule has 0 fully saturated rings. The summed E-state index contributed by atoms with van der Waals surface area (Å²) in [6.07, 6.45) is 0. The van der Waals surface area contributed by atoms with Gasteiger partial charge in [-0.05, 0) is 41.1 Å². The molecule has 0 unspecified atom stereocenters. The third-order valence-electron chi connectivity index (χ3n) is 3.80. The average molecular weight is 392 g/mol. The highest BCUT2D eigenvalue weighted by molar-refractivity contribution is 8.04. The largest absolute Gasteiger partial charge is 0.269 e. The molecule has 0 aliphatic carbocycles. The third kappa shape index (κ3) is 3.76. The number of rotatable bonds is 5. The van der Waals surface area contributed by atoms with Crippen LogP contribution in [0.4, 0.5) is 0 Å². The molecule has 0 saturated carbocycles. The Hall–Kier alpha value is -1.75. The van der Waals surface area contributed by atoms with E-state index in [1.165, 1.54) is 16.7 Å². The van der Waals surface area contributed by atoms with Crippen molar-refractivity contribution in [2.45, 2.75) is 13.5 Å². The summed E-state index contributed by atoms with van der Waals surface area (Å²) in [5.41, 5.74) is 2.00. The second-order valence-electron chi connectivity index (χ2n) is 5.47. The van der Waals surface area contributed by atoms with Gasteiger partial charge < -0.3 is 0 Å². The minimum atomic E-state index is -0.279. The quantitative estimate of drug-likeness (QED) is 0.670. The summed E-state index contributed by atoms with van der Waals surface area (Å²) in [4.78, 5) is 27.5. The maximum atomic E-state index is 12.9. The van der Waals surface area contributed by atoms with Gasteiger partial charge in [-0.15, -0.1) is 11.8 Å². The lowest BCUT2D eigenvalue weighted by atomic mass is 10.1. The molecule has 0 atom stereocenters. The van der Waals surface area contributed by atoms with E-state index in [1.54, 1.807) is 36.4 Å². The summed E-state index contributed by atoms with van der Waals surface area (Å²) < 4.78 is 0. The van der Waals surface area contributed by atoms with Gasteiger partial charge in [0, 0.05) is 10.0 Å². The van der Waals surface area contributed by atoms with E-state index in [0.29, 0.717) is 31.8 Å². The van der Waals surface area contributed by atoms with E-state index in [9.17, 15) is 9.59 Å². The Morgan fingerprint density at radius 2 is 1.44 bits per heavy atom. The zero-order chi connectivity index (χ0) is 18.0. The van der Waals surface area contributed by atoms with Crippen LogP contribution >= 0.6 is 35.0 Å². The first-order chi connectivity index (χ1) is 12.0. The van der Waals surface area contributed by atoms with Gasteiger partial charge in [0.15, 0.2) is 0 Å². The van der Waals surface area contributed by atoms with Crippen LogP contribution in [0, 0.1) is 0 Å². The minimum Gasteiger partial charge on any atom is -0.269 e. The molecule has 3 nitrogen and oxygen atoms in total. The van der Waals surface area contributed by atoms with Crippen molar-refractivity contribution in [2.75, 3.05) is 5.75 Å². The van der Waals surface area contributed by atoms with Gasteiger partial charge in [0.1, 0.15) is 0 Å². The number of carbonyl (C=O) groups excluding carboxylic acids is 2. The number of nitrogens with zero attached hydrogens (tertiary/aromatic N) is 1. The number of imide groups is 1. The fraction of sp³-hybridized carbons (Fsp3) is 0.158. The van der Waals surface area contributed by atoms with E-state index in [-0.39, 0.29) is 18.4 Å². The molecule has 0 radical (unpaired) electrons. The molecule has 6 heteroatoms. The Bertz CT molecular complexity index is 845. The zero-order valence-corrected chi connectivity index (χ0v) is 15.8. The van der Waals surface area contributed by atoms with E-state index in [4.69, 9.17) is 23.2 Å². The normalized spacial score (nSPS) is 14.6. The van der Waals surface area contributed by atoms with Crippen molar-refractivity contribution in [1.29, 1.82) is 0 Å². The Morgan fingerprint density at radius 3 is 2.00 bits per heavy atom. The standard InChI is InChI=1S/C19H15Cl2NO2S/c1-2-25-17-16(13-5-9-15(21)10-6-13)18(23)22(19(17)24)11-12-3-7-14(20)8-4-12/h3-10H,2,11H2,1H3. The fourth-order valence-electron chi connectivity index (χ4n) is 2.62. The number of halogens is 2. The molecular weight excluding hydrogens is 377 g/mol. The van der Waals surface area contributed by atoms with E-state index in [2.05, 4.69) is 0 Å². The van der Waals surface area contributed by atoms with Gasteiger partial charge in [-0.25, -0.2) is 0 Å². The molecule has 0 N–H and O–H groups in total. The summed E-state index contributed by atoms with van der Waals surface area (Å²) in [6, 6.07) is 14.1. The van der Waals surface area contributed by atoms with Gasteiger partial charge in [-0.1, -0.05) is 54.4 Å². The third-order valence-corrected chi connectivity index (χ3v) is 5.26. The Morgan fingerprint density at radius 1 is 0.880 bits per heavy atom. The smallest absolute Gasteiger partial charge is 0.268 e. The maximum absolute atomic E-state index is 12.9. The van der Waals surface area contributed by atoms with E-state index in [1.807, 2.05) is 19.1 Å². The first kappa shape index (κ1) is 18.1. The van der Waals surface area contributed by atoms with Crippen LogP contribution in [0.25, 0.3) is 5.57 Å². The molecule has 1 heterocycles. The van der Waals surface area contributed by atoms with Crippen LogP contribution in [-0.2, 0) is 16.1 Å². The summed E-state index contributed by atoms with van der Waals surface area (Å²) in [5, 5.41) is 1.20. The van der Waals surface area contributed by atoms with Gasteiger partial charge in [0.2, 0.25) is 0 Å². The van der Waals surface area contributed by atoms with Gasteiger partial charge in [-0.3, -0.25) is 14.5 Å². The zero-order valence-electron chi connectivity index (χ0n) is 13.5. The molecule has 2 amide bonds. The molecule has 0 saturated heterocycles. The molecule has 1 aliphatic rings. The van der Waals surface area contributed by atoms with Crippen LogP contribution < -0.4 is 0 Å². The van der Waals surface area contributed by atoms with Gasteiger partial charge in [0.05, 0.1) is 17.0 Å². The van der Waals surface area contributed by atoms with Gasteiger partial charge in [-0.2, -0.15) is 0 Å². The van der Waals surface area contributed by atoms with E-state index < -0.39 is 0 Å². The van der Waals surface area contributed by atoms with Crippen LogP contribution in [0.15, 0.2) is 53.4 Å². The van der Waals surface area contributed by atoms with Crippen LogP contribution in [0.5, 0.6) is 0 Å². The number of amides is 2. The van der Waals surface area contributed by atoms with E-state index >= 15 is 0 Å². The van der Waals surface area contributed by atoms with Crippen LogP contribution in [0.2, 0.25) is 10.0 Å². The van der Waals surface area contributed by atoms with E-state index in [0.717, 1.165) is 5.56 Å². The topological polar surface area (TPSA) is 37.4 Å². The molecule has 2 aromatic rings. The van der Waals surface area contributed by atoms with Gasteiger partial charge >= 0.3 is 0 Å². The summed E-state index contributed by atoms with van der Waals surface area (Å²) in [5.74, 6) is 0.176. The number of thioether (sulfide) groups is 1. The second-order valence-corrected chi connectivity index (χ2v) is 7.61. The molecule has 128 valence electrons. The Labute approximate surface area is 160 Å². The van der Waals surface area contributed by atoms with Crippen LogP contribution in [-0.4, -0.2) is 22.5 Å². The number of hydrogen-bond acceptors (Lipinski definition) is 3. The van der Waals surface area contributed by atoms with Gasteiger partial charge in [0.25, 0.3) is 11.8 Å². The Kier molecular flexibility index (Phi) is 5.52. The number of benzene rings is 2. The molecular formula is C19H15Cl2NO2S. The SMILES string of the molecule is CCSC1=C(c2ccc(Cl)cc2)C(=O)N(Cc2ccc(Cl)cc2)C1=O. The number of hydrogen-bond donors (Lipinski definition) is 0. The van der Waals surface area contributed by atoms with Crippen molar-refractivity contribution in [3.8, 4) is 0 Å². The lowest BCUT2D eigenvalue weighted by molar-refractivity contribution is -0.137. The van der Waals surface area contributed by atoms with Crippen molar-refractivity contribution in [1.82, 2.24) is 4.90 Å². The molecule has 0 bridgehead atoms. The van der Waals surface area contributed by atoms with Crippen molar-refractivity contribution in [3.63, 3.8) is 0 Å². The van der Waals surface area contributed by atoms with Crippen LogP contribution in [0.1, 0.15) is 18.1 Å². The Balaban J connectivity index is 1.95. The summed E-state index contributed by atoms with van der Waals surface area (Å²) in [6.45, 7) is 2.18. The first-order valence-corrected chi connectivity index (χ1v) is 9.49. The highest BCUT2D eigenvalue weighted by Gasteiger charge is 2.38. The monoisotopic (exact) mass is 391 g/mol. The summed E-state index contributed by atoms with van der Waals surface area (Å²) in [7, 11) is 0. The lowest BCUT2D eigenvalue weighted by Crippen LogP contribution is -2.30. The van der Waals surface area contributed by atoms with Crippen molar-refractivity contribution in [3.05, 3.63) is 74.6 Å². The molecule has 0 spiro atoms.